The first-order chi connectivity index (χ1) is 14.3. The number of hydrogen-bond donors (Lipinski definition) is 3. The zero-order valence-corrected chi connectivity index (χ0v) is 18.2. The molecule has 1 aromatic heterocycles. The van der Waals surface area contributed by atoms with Crippen molar-refractivity contribution >= 4 is 42.9 Å². The van der Waals surface area contributed by atoms with Gasteiger partial charge in [-0.25, -0.2) is 4.99 Å². The summed E-state index contributed by atoms with van der Waals surface area (Å²) in [6.45, 7) is 3.94. The number of rotatable bonds is 7. The van der Waals surface area contributed by atoms with Crippen LogP contribution in [0.4, 0.5) is 0 Å². The van der Waals surface area contributed by atoms with Crippen LogP contribution in [0.15, 0.2) is 29.3 Å². The van der Waals surface area contributed by atoms with Gasteiger partial charge in [0.25, 0.3) is 5.91 Å². The fourth-order valence-electron chi connectivity index (χ4n) is 2.44. The summed E-state index contributed by atoms with van der Waals surface area (Å²) in [7, 11) is -0.220. The number of carbonyl (C=O) groups excluding carboxylic acids is 2. The number of guanidine groups is 1. The number of nitrogens with one attached hydrogen (secondary N) is 1. The highest BCUT2D eigenvalue weighted by Gasteiger charge is 2.14. The summed E-state index contributed by atoms with van der Waals surface area (Å²) in [5.41, 5.74) is 12.1. The van der Waals surface area contributed by atoms with Gasteiger partial charge < -0.3 is 21.5 Å². The molecule has 1 aromatic carbocycles. The number of carbonyl (C=O) groups is 2. The van der Waals surface area contributed by atoms with Crippen molar-refractivity contribution in [2.45, 2.75) is 20.3 Å². The van der Waals surface area contributed by atoms with E-state index in [1.807, 2.05) is 13.0 Å². The van der Waals surface area contributed by atoms with Crippen molar-refractivity contribution in [3.8, 4) is 17.6 Å². The molecule has 1 heterocycles. The van der Waals surface area contributed by atoms with E-state index in [4.69, 9.17) is 16.2 Å². The van der Waals surface area contributed by atoms with Crippen LogP contribution in [0.5, 0.6) is 5.75 Å². The van der Waals surface area contributed by atoms with E-state index in [0.29, 0.717) is 15.1 Å². The molecule has 0 aliphatic carbocycles. The normalized spacial score (nSPS) is 10.1. The largest absolute Gasteiger partial charge is 0.425 e. The van der Waals surface area contributed by atoms with Gasteiger partial charge in [0.15, 0.2) is 14.4 Å². The van der Waals surface area contributed by atoms with Gasteiger partial charge in [0.2, 0.25) is 0 Å². The van der Waals surface area contributed by atoms with Crippen LogP contribution in [-0.4, -0.2) is 30.9 Å². The SMILES string of the molecule is Cc1cc(C)c(P=O)c(OC(=O)CCNC(=O)c2ccc(C#CCN=C(N)N)s2)c1. The smallest absolute Gasteiger partial charge is 0.313 e. The van der Waals surface area contributed by atoms with E-state index in [0.717, 1.165) is 11.1 Å². The van der Waals surface area contributed by atoms with Crippen LogP contribution in [0.3, 0.4) is 0 Å². The molecule has 0 spiro atoms. The third kappa shape index (κ3) is 6.99. The zero-order chi connectivity index (χ0) is 22.1. The first kappa shape index (κ1) is 23.1. The van der Waals surface area contributed by atoms with E-state index in [1.165, 1.54) is 11.3 Å². The first-order valence-corrected chi connectivity index (χ1v) is 10.5. The van der Waals surface area contributed by atoms with E-state index in [9.17, 15) is 14.2 Å². The molecule has 2 rings (SSSR count). The standard InChI is InChI=1S/C20H21N4O4PS/c1-12-10-13(2)18(29-27)15(11-12)28-17(25)7-9-23-19(26)16-6-5-14(30-16)4-3-8-24-20(21)22/h5-6,10-11H,7-9H2,1-2H3,(H,23,26)(H4,21,22,24). The van der Waals surface area contributed by atoms with Crippen molar-refractivity contribution in [2.75, 3.05) is 13.1 Å². The number of aliphatic imine (C=N–C) groups is 1. The summed E-state index contributed by atoms with van der Waals surface area (Å²) in [4.78, 5) is 29.2. The predicted octanol–water partition coefficient (Wildman–Crippen LogP) is 1.63. The van der Waals surface area contributed by atoms with E-state index >= 15 is 0 Å². The number of amides is 1. The highest BCUT2D eigenvalue weighted by molar-refractivity contribution is 7.34. The summed E-state index contributed by atoms with van der Waals surface area (Å²) in [6.07, 6.45) is -0.0233. The van der Waals surface area contributed by atoms with Crippen molar-refractivity contribution in [3.63, 3.8) is 0 Å². The van der Waals surface area contributed by atoms with Crippen LogP contribution in [0.1, 0.15) is 32.1 Å². The third-order valence-corrected chi connectivity index (χ3v) is 5.48. The van der Waals surface area contributed by atoms with Crippen LogP contribution >= 0.6 is 19.8 Å². The molecule has 0 unspecified atom stereocenters. The van der Waals surface area contributed by atoms with Gasteiger partial charge in [-0.15, -0.1) is 11.3 Å². The van der Waals surface area contributed by atoms with Crippen LogP contribution in [0.2, 0.25) is 0 Å². The average Bonchev–Trinajstić information content (AvgIpc) is 3.14. The average molecular weight is 444 g/mol. The second-order valence-electron chi connectivity index (χ2n) is 6.21. The van der Waals surface area contributed by atoms with Crippen molar-refractivity contribution in [1.29, 1.82) is 0 Å². The number of hydrogen-bond acceptors (Lipinski definition) is 6. The molecule has 0 saturated heterocycles. The Balaban J connectivity index is 1.86. The number of nitrogens with two attached hydrogens (primary N) is 2. The highest BCUT2D eigenvalue weighted by atomic mass is 32.1. The number of nitrogens with zero attached hydrogens (tertiary/aromatic N) is 1. The molecule has 5 N–H and O–H groups in total. The Morgan fingerprint density at radius 2 is 2.03 bits per heavy atom. The maximum absolute atomic E-state index is 12.2. The minimum Gasteiger partial charge on any atom is -0.425 e. The molecule has 10 heteroatoms. The van der Waals surface area contributed by atoms with E-state index in [2.05, 4.69) is 22.2 Å². The number of aryl methyl sites for hydroxylation is 2. The van der Waals surface area contributed by atoms with Gasteiger partial charge in [0.05, 0.1) is 21.5 Å². The topological polar surface area (TPSA) is 137 Å². The third-order valence-electron chi connectivity index (χ3n) is 3.72. The maximum Gasteiger partial charge on any atom is 0.313 e. The predicted molar refractivity (Wildman–Crippen MR) is 118 cm³/mol. The van der Waals surface area contributed by atoms with Gasteiger partial charge in [-0.1, -0.05) is 17.9 Å². The minimum absolute atomic E-state index is 0.0233. The Hall–Kier alpha value is -3.21. The fourth-order valence-corrected chi connectivity index (χ4v) is 3.65. The molecule has 0 atom stereocenters. The number of thiophene rings is 1. The Labute approximate surface area is 179 Å². The van der Waals surface area contributed by atoms with Crippen LogP contribution < -0.4 is 26.8 Å². The summed E-state index contributed by atoms with van der Waals surface area (Å²) >= 11 is 1.22. The van der Waals surface area contributed by atoms with E-state index in [1.54, 1.807) is 25.1 Å². The molecule has 2 aromatic rings. The van der Waals surface area contributed by atoms with E-state index < -0.39 is 5.97 Å². The van der Waals surface area contributed by atoms with Gasteiger partial charge in [-0.2, -0.15) is 0 Å². The molecular formula is C20H21N4O4PS. The van der Waals surface area contributed by atoms with Gasteiger partial charge in [-0.3, -0.25) is 14.2 Å². The number of benzene rings is 1. The molecular weight excluding hydrogens is 423 g/mol. The number of ether oxygens (including phenoxy) is 1. The second kappa shape index (κ2) is 11.1. The Morgan fingerprint density at radius 3 is 2.73 bits per heavy atom. The minimum atomic E-state index is -0.525. The lowest BCUT2D eigenvalue weighted by Crippen LogP contribution is -2.27. The Bertz CT molecular complexity index is 1050. The molecule has 0 bridgehead atoms. The molecule has 0 aliphatic heterocycles. The molecule has 156 valence electrons. The monoisotopic (exact) mass is 444 g/mol. The van der Waals surface area contributed by atoms with Gasteiger partial charge in [-0.05, 0) is 43.2 Å². The summed E-state index contributed by atoms with van der Waals surface area (Å²) in [6, 6.07) is 6.89. The van der Waals surface area contributed by atoms with Gasteiger partial charge >= 0.3 is 5.97 Å². The quantitative estimate of drug-likeness (QED) is 0.148. The molecule has 8 nitrogen and oxygen atoms in total. The molecule has 1 amide bonds. The molecule has 0 saturated carbocycles. The maximum atomic E-state index is 12.2. The first-order valence-electron chi connectivity index (χ1n) is 8.87. The van der Waals surface area contributed by atoms with E-state index in [-0.39, 0.29) is 45.6 Å². The summed E-state index contributed by atoms with van der Waals surface area (Å²) in [5.74, 6) is 5.05. The lowest BCUT2D eigenvalue weighted by atomic mass is 10.1. The highest BCUT2D eigenvalue weighted by Crippen LogP contribution is 2.19. The molecule has 0 aliphatic rings. The Kier molecular flexibility index (Phi) is 8.54. The van der Waals surface area contributed by atoms with Crippen molar-refractivity contribution in [2.24, 2.45) is 16.5 Å². The van der Waals surface area contributed by atoms with Crippen molar-refractivity contribution < 1.29 is 18.9 Å². The van der Waals surface area contributed by atoms with Gasteiger partial charge in [0, 0.05) is 6.54 Å². The fraction of sp³-hybridized carbons (Fsp3) is 0.250. The molecule has 0 fully saturated rings. The summed E-state index contributed by atoms with van der Waals surface area (Å²) in [5, 5.41) is 3.10. The number of esters is 1. The molecule has 30 heavy (non-hydrogen) atoms. The van der Waals surface area contributed by atoms with Crippen molar-refractivity contribution in [3.05, 3.63) is 45.1 Å². The lowest BCUT2D eigenvalue weighted by Gasteiger charge is -2.10. The van der Waals surface area contributed by atoms with Gasteiger partial charge in [0.1, 0.15) is 12.3 Å². The second-order valence-corrected chi connectivity index (χ2v) is 7.92. The van der Waals surface area contributed by atoms with Crippen molar-refractivity contribution in [1.82, 2.24) is 5.32 Å². The zero-order valence-electron chi connectivity index (χ0n) is 16.5. The summed E-state index contributed by atoms with van der Waals surface area (Å²) < 4.78 is 16.7. The lowest BCUT2D eigenvalue weighted by molar-refractivity contribution is -0.134. The van der Waals surface area contributed by atoms with Crippen LogP contribution in [0.25, 0.3) is 0 Å². The molecule has 0 radical (unpaired) electrons. The van der Waals surface area contributed by atoms with Crippen LogP contribution in [0, 0.1) is 25.7 Å². The van der Waals surface area contributed by atoms with Crippen LogP contribution in [-0.2, 0) is 9.36 Å². The Morgan fingerprint density at radius 1 is 1.27 bits per heavy atom.